The molecule has 4 heteroatoms. The second kappa shape index (κ2) is 14.4. The normalized spacial score (nSPS) is 25.5. The molecule has 1 aromatic heterocycles. The van der Waals surface area contributed by atoms with Crippen LogP contribution in [0.15, 0.2) is 119 Å². The highest BCUT2D eigenvalue weighted by molar-refractivity contribution is 6.88. The van der Waals surface area contributed by atoms with Gasteiger partial charge in [0.2, 0.25) is 0 Å². The van der Waals surface area contributed by atoms with E-state index in [-0.39, 0.29) is 40.1 Å². The molecule has 0 saturated heterocycles. The van der Waals surface area contributed by atoms with E-state index < -0.39 is 0 Å². The number of anilines is 3. The van der Waals surface area contributed by atoms with Gasteiger partial charge in [-0.25, -0.2) is 0 Å². The molecule has 1 fully saturated rings. The molecule has 0 N–H and O–H groups in total. The van der Waals surface area contributed by atoms with Gasteiger partial charge in [0, 0.05) is 44.0 Å². The molecule has 1 saturated carbocycles. The molecule has 0 bridgehead atoms. The largest absolute Gasteiger partial charge is 0.454 e. The zero-order chi connectivity index (χ0) is 47.9. The summed E-state index contributed by atoms with van der Waals surface area (Å²) in [6, 6.07) is 30.9. The van der Waals surface area contributed by atoms with E-state index in [1.165, 1.54) is 145 Å². The van der Waals surface area contributed by atoms with Gasteiger partial charge in [0.1, 0.15) is 11.6 Å². The van der Waals surface area contributed by atoms with Gasteiger partial charge in [-0.1, -0.05) is 153 Å². The Morgan fingerprint density at radius 3 is 2.29 bits per heavy atom. The summed E-state index contributed by atoms with van der Waals surface area (Å²) in [5.74, 6) is 8.03. The van der Waals surface area contributed by atoms with Crippen LogP contribution in [0.1, 0.15) is 165 Å². The van der Waals surface area contributed by atoms with Crippen molar-refractivity contribution in [1.29, 1.82) is 0 Å². The Hall–Kier alpha value is -5.92. The summed E-state index contributed by atoms with van der Waals surface area (Å²) in [6.07, 6.45) is 22.3. The number of hydrogen-bond donors (Lipinski definition) is 0. The van der Waals surface area contributed by atoms with Crippen LogP contribution in [0.3, 0.4) is 0 Å². The van der Waals surface area contributed by atoms with Crippen molar-refractivity contribution in [1.82, 2.24) is 0 Å². The van der Waals surface area contributed by atoms with Gasteiger partial charge in [-0.3, -0.25) is 0 Å². The highest BCUT2D eigenvalue weighted by atomic mass is 16.3. The van der Waals surface area contributed by atoms with Crippen LogP contribution in [0.5, 0.6) is 0 Å². The average Bonchev–Trinajstić information content (AvgIpc) is 3.83. The van der Waals surface area contributed by atoms with Crippen molar-refractivity contribution in [2.45, 2.75) is 166 Å². The molecule has 3 unspecified atom stereocenters. The van der Waals surface area contributed by atoms with Gasteiger partial charge >= 0.3 is 6.85 Å². The van der Waals surface area contributed by atoms with Crippen LogP contribution in [-0.4, -0.2) is 18.4 Å². The van der Waals surface area contributed by atoms with Gasteiger partial charge in [-0.15, -0.1) is 0 Å². The van der Waals surface area contributed by atoms with Crippen molar-refractivity contribution in [2.24, 2.45) is 0 Å². The minimum atomic E-state index is -0.306. The van der Waals surface area contributed by atoms with Gasteiger partial charge < -0.3 is 14.1 Å². The molecule has 14 rings (SSSR count). The topological polar surface area (TPSA) is 19.6 Å². The first kappa shape index (κ1) is 42.9. The molecular formula is C66H67BN2O. The Balaban J connectivity index is 1.17. The second-order valence-electron chi connectivity index (χ2n) is 24.8. The van der Waals surface area contributed by atoms with Gasteiger partial charge in [-0.05, 0) is 172 Å². The number of rotatable bonds is 5. The monoisotopic (exact) mass is 915 g/mol. The first-order chi connectivity index (χ1) is 33.7. The van der Waals surface area contributed by atoms with Gasteiger partial charge in [-0.2, -0.15) is 0 Å². The lowest BCUT2D eigenvalue weighted by atomic mass is 9.39. The molecule has 0 radical (unpaired) electrons. The molecule has 70 heavy (non-hydrogen) atoms. The second-order valence-corrected chi connectivity index (χ2v) is 24.8. The SMILES string of the molecule is CCCCc1cc2c3c(c1)C1(C)CCCCC1(C)N3B1C3=C4C(=CC#CC3N(c3ccccc3C3=CCCC=C3)c3c1c-2cc1c3oc2ccccc21)c1cc2c(cc1C4(C)C)C(C)(C)CCC2(C)C. The highest BCUT2D eigenvalue weighted by Crippen LogP contribution is 2.66. The molecule has 0 spiro atoms. The average molecular weight is 915 g/mol. The van der Waals surface area contributed by atoms with E-state index in [1.807, 2.05) is 0 Å². The molecule has 3 atom stereocenters. The fourth-order valence-corrected chi connectivity index (χ4v) is 15.7. The van der Waals surface area contributed by atoms with Crippen molar-refractivity contribution in [2.75, 3.05) is 9.71 Å². The summed E-state index contributed by atoms with van der Waals surface area (Å²) < 4.78 is 7.38. The number of para-hydroxylation sites is 2. The minimum absolute atomic E-state index is 0.0186. The smallest absolute Gasteiger partial charge is 0.326 e. The van der Waals surface area contributed by atoms with Crippen molar-refractivity contribution in [3.63, 3.8) is 0 Å². The Bertz CT molecular complexity index is 3540. The van der Waals surface area contributed by atoms with Crippen LogP contribution < -0.4 is 15.2 Å². The first-order valence-electron chi connectivity index (χ1n) is 27.0. The van der Waals surface area contributed by atoms with Crippen molar-refractivity contribution in [3.05, 3.63) is 153 Å². The molecule has 3 nitrogen and oxygen atoms in total. The van der Waals surface area contributed by atoms with Gasteiger partial charge in [0.15, 0.2) is 5.58 Å². The van der Waals surface area contributed by atoms with Crippen molar-refractivity contribution in [3.8, 4) is 23.0 Å². The molecule has 4 heterocycles. The lowest BCUT2D eigenvalue weighted by Gasteiger charge is -2.56. The van der Waals surface area contributed by atoms with Crippen LogP contribution in [0, 0.1) is 11.8 Å². The molecule has 0 amide bonds. The molecule has 350 valence electrons. The zero-order valence-electron chi connectivity index (χ0n) is 43.1. The number of hydrogen-bond acceptors (Lipinski definition) is 3. The van der Waals surface area contributed by atoms with Gasteiger partial charge in [0.05, 0.1) is 11.4 Å². The van der Waals surface area contributed by atoms with Crippen molar-refractivity contribution < 1.29 is 4.42 Å². The number of furan rings is 1. The Labute approximate surface area is 416 Å². The zero-order valence-corrected chi connectivity index (χ0v) is 43.1. The van der Waals surface area contributed by atoms with Crippen LogP contribution in [0.4, 0.5) is 17.1 Å². The van der Waals surface area contributed by atoms with Crippen LogP contribution in [0.2, 0.25) is 0 Å². The number of unbranched alkanes of at least 4 members (excludes halogenated alkanes) is 1. The third-order valence-electron chi connectivity index (χ3n) is 19.8. The summed E-state index contributed by atoms with van der Waals surface area (Å²) in [4.78, 5) is 5.75. The maximum absolute atomic E-state index is 7.38. The van der Waals surface area contributed by atoms with Crippen LogP contribution in [-0.2, 0) is 28.1 Å². The van der Waals surface area contributed by atoms with E-state index in [1.54, 1.807) is 5.56 Å². The van der Waals surface area contributed by atoms with E-state index in [0.29, 0.717) is 0 Å². The minimum Gasteiger partial charge on any atom is -0.454 e. The molecule has 3 aliphatic heterocycles. The fraction of sp³-hybridized carbons (Fsp3) is 0.394. The number of nitrogens with zero attached hydrogens (tertiary/aromatic N) is 2. The van der Waals surface area contributed by atoms with Gasteiger partial charge in [0.25, 0.3) is 0 Å². The van der Waals surface area contributed by atoms with E-state index in [9.17, 15) is 0 Å². The number of allylic oxidation sites excluding steroid dienone is 7. The summed E-state index contributed by atoms with van der Waals surface area (Å²) in [7, 11) is 0. The fourth-order valence-electron chi connectivity index (χ4n) is 15.7. The van der Waals surface area contributed by atoms with E-state index in [2.05, 4.69) is 187 Å². The first-order valence-corrected chi connectivity index (χ1v) is 27.0. The standard InChI is InChI=1S/C66H67BN2O/c1-10-11-22-40-35-47-46-37-48-43-26-16-18-30-55(43)70-61(48)60-57(46)67(69-59(47)52(36-40)65(8)31-19-20-32-66(65,69)9)58-54(68(60)53-28-17-15-25-42(53)41-23-13-12-14-24-41)29-21-27-44-45-38-50-51(39-49(45)64(6,7)56(44)58)63(4,5)34-33-62(50,2)3/h13,15-18,23-28,30,35-39,54H,10-12,14,19-20,22,31-34H2,1-9H3. The van der Waals surface area contributed by atoms with Crippen LogP contribution >= 0.6 is 0 Å². The summed E-state index contributed by atoms with van der Waals surface area (Å²) in [5.41, 5.74) is 25.5. The van der Waals surface area contributed by atoms with E-state index in [4.69, 9.17) is 4.42 Å². The molecular weight excluding hydrogens is 848 g/mol. The Kier molecular flexibility index (Phi) is 8.81. The van der Waals surface area contributed by atoms with Crippen molar-refractivity contribution >= 4 is 62.5 Å². The van der Waals surface area contributed by atoms with E-state index in [0.717, 1.165) is 36.8 Å². The third-order valence-corrected chi connectivity index (χ3v) is 19.8. The molecule has 5 aromatic carbocycles. The predicted molar refractivity (Wildman–Crippen MR) is 296 cm³/mol. The third kappa shape index (κ3) is 5.40. The maximum Gasteiger partial charge on any atom is 0.326 e. The predicted octanol–water partition coefficient (Wildman–Crippen LogP) is 16.0. The quantitative estimate of drug-likeness (QED) is 0.127. The summed E-state index contributed by atoms with van der Waals surface area (Å²) >= 11 is 0. The molecule has 6 aromatic rings. The number of fused-ring (bicyclic) bond motifs is 15. The lowest BCUT2D eigenvalue weighted by Crippen LogP contribution is -2.69. The number of benzene rings is 5. The molecule has 8 aliphatic rings. The van der Waals surface area contributed by atoms with E-state index >= 15 is 0 Å². The Morgan fingerprint density at radius 2 is 1.49 bits per heavy atom. The number of aryl methyl sites for hydroxylation is 1. The Morgan fingerprint density at radius 1 is 0.714 bits per heavy atom. The summed E-state index contributed by atoms with van der Waals surface area (Å²) in [6.45, 7) is 22.6. The highest BCUT2D eigenvalue weighted by Gasteiger charge is 2.65. The summed E-state index contributed by atoms with van der Waals surface area (Å²) in [5, 5.41) is 2.37. The lowest BCUT2D eigenvalue weighted by molar-refractivity contribution is 0.199. The molecule has 5 aliphatic carbocycles. The maximum atomic E-state index is 7.38. The van der Waals surface area contributed by atoms with Crippen LogP contribution in [0.25, 0.3) is 44.2 Å².